The molecule has 3 atom stereocenters. The van der Waals surface area contributed by atoms with Crippen LogP contribution >= 0.6 is 12.2 Å². The highest BCUT2D eigenvalue weighted by Crippen LogP contribution is 2.27. The van der Waals surface area contributed by atoms with E-state index in [0.29, 0.717) is 4.99 Å². The molecule has 1 aromatic rings. The monoisotopic (exact) mass is 276 g/mol. The predicted octanol–water partition coefficient (Wildman–Crippen LogP) is 2.36. The molecule has 1 aliphatic carbocycles. The van der Waals surface area contributed by atoms with Crippen LogP contribution in [-0.4, -0.2) is 16.9 Å². The summed E-state index contributed by atoms with van der Waals surface area (Å²) >= 11 is 5.07. The van der Waals surface area contributed by atoms with Crippen molar-refractivity contribution in [3.8, 4) is 0 Å². The molecular weight excluding hydrogens is 256 g/mol. The summed E-state index contributed by atoms with van der Waals surface area (Å²) in [5, 5.41) is 3.10. The first-order chi connectivity index (χ1) is 9.09. The third-order valence-electron chi connectivity index (χ3n) is 3.90. The summed E-state index contributed by atoms with van der Waals surface area (Å²) in [5.74, 6) is 0.0649. The summed E-state index contributed by atoms with van der Waals surface area (Å²) in [6, 6.07) is 9.91. The third-order valence-corrected chi connectivity index (χ3v) is 4.20. The zero-order valence-electron chi connectivity index (χ0n) is 11.1. The molecule has 1 aliphatic rings. The van der Waals surface area contributed by atoms with Gasteiger partial charge in [-0.3, -0.25) is 4.79 Å². The van der Waals surface area contributed by atoms with Crippen molar-refractivity contribution < 1.29 is 4.79 Å². The van der Waals surface area contributed by atoms with Crippen molar-refractivity contribution in [1.29, 1.82) is 0 Å². The quantitative estimate of drug-likeness (QED) is 0.830. The first-order valence-electron chi connectivity index (χ1n) is 6.74. The Morgan fingerprint density at radius 3 is 2.68 bits per heavy atom. The molecule has 3 unspecified atom stereocenters. The molecule has 2 rings (SSSR count). The highest BCUT2D eigenvalue weighted by atomic mass is 32.1. The Bertz CT molecular complexity index is 460. The van der Waals surface area contributed by atoms with E-state index in [2.05, 4.69) is 5.32 Å². The minimum absolute atomic E-state index is 0.0550. The van der Waals surface area contributed by atoms with Crippen LogP contribution in [0.1, 0.15) is 37.7 Å². The summed E-state index contributed by atoms with van der Waals surface area (Å²) in [6.07, 6.45) is 3.03. The molecule has 0 radical (unpaired) electrons. The van der Waals surface area contributed by atoms with Gasteiger partial charge in [0.2, 0.25) is 5.91 Å². The Hall–Kier alpha value is -1.42. The zero-order chi connectivity index (χ0) is 13.8. The van der Waals surface area contributed by atoms with Crippen molar-refractivity contribution in [3.63, 3.8) is 0 Å². The maximum absolute atomic E-state index is 12.3. The summed E-state index contributed by atoms with van der Waals surface area (Å²) in [4.78, 5) is 12.8. The largest absolute Gasteiger partial charge is 0.393 e. The van der Waals surface area contributed by atoms with Crippen molar-refractivity contribution in [1.82, 2.24) is 5.32 Å². The number of hydrogen-bond acceptors (Lipinski definition) is 2. The zero-order valence-corrected chi connectivity index (χ0v) is 12.0. The lowest BCUT2D eigenvalue weighted by atomic mass is 9.98. The molecule has 0 heterocycles. The topological polar surface area (TPSA) is 55.1 Å². The third kappa shape index (κ3) is 3.32. The number of carbonyl (C=O) groups excluding carboxylic acids is 1. The Morgan fingerprint density at radius 1 is 1.37 bits per heavy atom. The van der Waals surface area contributed by atoms with E-state index in [1.54, 1.807) is 0 Å². The Balaban J connectivity index is 1.99. The van der Waals surface area contributed by atoms with Gasteiger partial charge in [0, 0.05) is 12.0 Å². The number of nitrogens with two attached hydrogens (primary N) is 1. The lowest BCUT2D eigenvalue weighted by Gasteiger charge is -2.22. The van der Waals surface area contributed by atoms with Gasteiger partial charge in [0.1, 0.15) is 0 Å². The smallest absolute Gasteiger partial charge is 0.227 e. The van der Waals surface area contributed by atoms with Gasteiger partial charge in [-0.2, -0.15) is 0 Å². The van der Waals surface area contributed by atoms with Crippen LogP contribution < -0.4 is 11.1 Å². The highest BCUT2D eigenvalue weighted by Gasteiger charge is 2.31. The molecule has 1 amide bonds. The van der Waals surface area contributed by atoms with Gasteiger partial charge < -0.3 is 11.1 Å². The minimum Gasteiger partial charge on any atom is -0.393 e. The molecule has 0 aromatic heterocycles. The molecule has 3 nitrogen and oxygen atoms in total. The van der Waals surface area contributed by atoms with Gasteiger partial charge in [0.25, 0.3) is 0 Å². The van der Waals surface area contributed by atoms with Crippen LogP contribution in [0.4, 0.5) is 0 Å². The number of amides is 1. The molecule has 0 spiro atoms. The number of benzene rings is 1. The maximum atomic E-state index is 12.3. The summed E-state index contributed by atoms with van der Waals surface area (Å²) in [5.41, 5.74) is 6.76. The summed E-state index contributed by atoms with van der Waals surface area (Å²) in [6.45, 7) is 1.93. The van der Waals surface area contributed by atoms with Gasteiger partial charge in [-0.15, -0.1) is 0 Å². The number of hydrogen-bond donors (Lipinski definition) is 2. The molecule has 1 fully saturated rings. The van der Waals surface area contributed by atoms with E-state index in [9.17, 15) is 4.79 Å². The molecule has 0 bridgehead atoms. The Labute approximate surface area is 119 Å². The molecule has 0 aliphatic heterocycles. The standard InChI is InChI=1S/C15H20N2OS/c1-10(11-6-3-2-4-7-11)15(18)17-13-9-5-8-12(13)14(16)19/h2-4,6-7,10,12-13H,5,8-9H2,1H3,(H2,16,19)(H,17,18). The van der Waals surface area contributed by atoms with Crippen LogP contribution in [0.15, 0.2) is 30.3 Å². The second-order valence-electron chi connectivity index (χ2n) is 5.19. The van der Waals surface area contributed by atoms with E-state index in [0.717, 1.165) is 24.8 Å². The molecule has 19 heavy (non-hydrogen) atoms. The molecule has 1 saturated carbocycles. The summed E-state index contributed by atoms with van der Waals surface area (Å²) < 4.78 is 0. The van der Waals surface area contributed by atoms with Crippen molar-refractivity contribution >= 4 is 23.1 Å². The fourth-order valence-corrected chi connectivity index (χ4v) is 2.96. The van der Waals surface area contributed by atoms with E-state index in [4.69, 9.17) is 18.0 Å². The van der Waals surface area contributed by atoms with E-state index < -0.39 is 0 Å². The van der Waals surface area contributed by atoms with Gasteiger partial charge in [-0.25, -0.2) is 0 Å². The van der Waals surface area contributed by atoms with Crippen molar-refractivity contribution in [2.24, 2.45) is 11.7 Å². The predicted molar refractivity (Wildman–Crippen MR) is 80.9 cm³/mol. The van der Waals surface area contributed by atoms with E-state index >= 15 is 0 Å². The van der Waals surface area contributed by atoms with Crippen molar-refractivity contribution in [3.05, 3.63) is 35.9 Å². The van der Waals surface area contributed by atoms with Gasteiger partial charge in [0.15, 0.2) is 0 Å². The van der Waals surface area contributed by atoms with Crippen molar-refractivity contribution in [2.45, 2.75) is 38.1 Å². The molecule has 3 N–H and O–H groups in total. The lowest BCUT2D eigenvalue weighted by molar-refractivity contribution is -0.123. The van der Waals surface area contributed by atoms with Crippen LogP contribution in [0, 0.1) is 5.92 Å². The average Bonchev–Trinajstić information content (AvgIpc) is 2.87. The van der Waals surface area contributed by atoms with E-state index in [1.807, 2.05) is 37.3 Å². The number of nitrogens with one attached hydrogen (secondary N) is 1. The van der Waals surface area contributed by atoms with Gasteiger partial charge >= 0.3 is 0 Å². The molecular formula is C15H20N2OS. The molecule has 0 saturated heterocycles. The summed E-state index contributed by atoms with van der Waals surface area (Å²) in [7, 11) is 0. The van der Waals surface area contributed by atoms with Gasteiger partial charge in [-0.05, 0) is 25.3 Å². The molecule has 4 heteroatoms. The van der Waals surface area contributed by atoms with E-state index in [-0.39, 0.29) is 23.8 Å². The van der Waals surface area contributed by atoms with Crippen molar-refractivity contribution in [2.75, 3.05) is 0 Å². The second kappa shape index (κ2) is 6.15. The normalized spacial score (nSPS) is 23.8. The fourth-order valence-electron chi connectivity index (χ4n) is 2.67. The number of rotatable bonds is 4. The first-order valence-corrected chi connectivity index (χ1v) is 7.15. The van der Waals surface area contributed by atoms with Crippen LogP contribution in [0.2, 0.25) is 0 Å². The second-order valence-corrected chi connectivity index (χ2v) is 5.66. The minimum atomic E-state index is -0.145. The maximum Gasteiger partial charge on any atom is 0.227 e. The van der Waals surface area contributed by atoms with Crippen LogP contribution in [0.3, 0.4) is 0 Å². The van der Waals surface area contributed by atoms with Gasteiger partial charge in [-0.1, -0.05) is 49.0 Å². The Morgan fingerprint density at radius 2 is 2.05 bits per heavy atom. The number of thiocarbonyl (C=S) groups is 1. The Kier molecular flexibility index (Phi) is 4.53. The number of carbonyl (C=O) groups is 1. The van der Waals surface area contributed by atoms with E-state index in [1.165, 1.54) is 0 Å². The van der Waals surface area contributed by atoms with Crippen LogP contribution in [0.25, 0.3) is 0 Å². The first kappa shape index (κ1) is 14.0. The van der Waals surface area contributed by atoms with Crippen LogP contribution in [0.5, 0.6) is 0 Å². The lowest BCUT2D eigenvalue weighted by Crippen LogP contribution is -2.43. The fraction of sp³-hybridized carbons (Fsp3) is 0.467. The SMILES string of the molecule is CC(C(=O)NC1CCCC1C(N)=S)c1ccccc1. The average molecular weight is 276 g/mol. The molecule has 102 valence electrons. The van der Waals surface area contributed by atoms with Crippen LogP contribution in [-0.2, 0) is 4.79 Å². The van der Waals surface area contributed by atoms with Gasteiger partial charge in [0.05, 0.1) is 10.9 Å². The highest BCUT2D eigenvalue weighted by molar-refractivity contribution is 7.80. The molecule has 1 aromatic carbocycles.